The number of nitrogens with zero attached hydrogens (tertiary/aromatic N) is 2. The number of fused-ring (bicyclic) bond motifs is 1. The minimum Gasteiger partial charge on any atom is -0.273 e. The lowest BCUT2D eigenvalue weighted by Gasteiger charge is -2.28. The van der Waals surface area contributed by atoms with Gasteiger partial charge in [-0.3, -0.25) is 14.4 Å². The van der Waals surface area contributed by atoms with Gasteiger partial charge in [0, 0.05) is 4.47 Å². The van der Waals surface area contributed by atoms with Crippen molar-refractivity contribution in [1.29, 1.82) is 0 Å². The average molecular weight is 467 g/mol. The molecule has 0 unspecified atom stereocenters. The molecule has 0 bridgehead atoms. The summed E-state index contributed by atoms with van der Waals surface area (Å²) >= 11 is 3.43. The van der Waals surface area contributed by atoms with E-state index in [1.807, 2.05) is 54.6 Å². The zero-order valence-electron chi connectivity index (χ0n) is 15.6. The number of carbonyl (C=O) groups is 2. The highest BCUT2D eigenvalue weighted by Crippen LogP contribution is 2.47. The largest absolute Gasteiger partial charge is 0.273 e. The van der Waals surface area contributed by atoms with E-state index >= 15 is 0 Å². The molecule has 5 rings (SSSR count). The first-order valence-electron chi connectivity index (χ1n) is 9.44. The van der Waals surface area contributed by atoms with Crippen LogP contribution in [0.2, 0.25) is 0 Å². The Hall–Kier alpha value is -3.03. The molecule has 0 saturated carbocycles. The summed E-state index contributed by atoms with van der Waals surface area (Å²) in [7, 11) is 0. The Morgan fingerprint density at radius 2 is 1.47 bits per heavy atom. The van der Waals surface area contributed by atoms with E-state index in [4.69, 9.17) is 4.84 Å². The molecule has 2 aliphatic rings. The van der Waals surface area contributed by atoms with Crippen LogP contribution in [-0.4, -0.2) is 17.9 Å². The van der Waals surface area contributed by atoms with E-state index in [0.29, 0.717) is 5.69 Å². The van der Waals surface area contributed by atoms with Crippen LogP contribution in [0, 0.1) is 11.7 Å². The summed E-state index contributed by atoms with van der Waals surface area (Å²) < 4.78 is 14.2. The van der Waals surface area contributed by atoms with E-state index in [9.17, 15) is 14.0 Å². The molecule has 0 aromatic heterocycles. The van der Waals surface area contributed by atoms with Gasteiger partial charge in [0.25, 0.3) is 5.91 Å². The van der Waals surface area contributed by atoms with Gasteiger partial charge < -0.3 is 0 Å². The van der Waals surface area contributed by atoms with Crippen molar-refractivity contribution in [2.24, 2.45) is 5.92 Å². The summed E-state index contributed by atoms with van der Waals surface area (Å²) in [6, 6.07) is 21.8. The van der Waals surface area contributed by atoms with Crippen molar-refractivity contribution in [1.82, 2.24) is 0 Å². The molecular formula is C23H16BrFN2O3. The molecule has 3 aromatic carbocycles. The highest BCUT2D eigenvalue weighted by Gasteiger charge is 2.60. The molecule has 2 heterocycles. The summed E-state index contributed by atoms with van der Waals surface area (Å²) in [5, 5.41) is 1.65. The molecule has 0 spiro atoms. The monoisotopic (exact) mass is 466 g/mol. The number of hydrogen-bond donors (Lipinski definition) is 0. The second-order valence-electron chi connectivity index (χ2n) is 7.20. The molecule has 0 N–H and O–H groups in total. The van der Waals surface area contributed by atoms with Crippen LogP contribution in [0.1, 0.15) is 11.6 Å². The van der Waals surface area contributed by atoms with E-state index in [1.54, 1.807) is 5.06 Å². The van der Waals surface area contributed by atoms with Gasteiger partial charge >= 0.3 is 0 Å². The van der Waals surface area contributed by atoms with Crippen LogP contribution in [-0.2, 0) is 14.4 Å². The van der Waals surface area contributed by atoms with Gasteiger partial charge in [0.2, 0.25) is 5.91 Å². The van der Waals surface area contributed by atoms with Crippen molar-refractivity contribution in [3.63, 3.8) is 0 Å². The number of halogens is 2. The van der Waals surface area contributed by atoms with Gasteiger partial charge in [0.05, 0.1) is 17.4 Å². The van der Waals surface area contributed by atoms with Crippen molar-refractivity contribution >= 4 is 39.1 Å². The summed E-state index contributed by atoms with van der Waals surface area (Å²) in [5.41, 5.74) is 1.95. The first kappa shape index (κ1) is 19.0. The number of hydroxylamine groups is 1. The van der Waals surface area contributed by atoms with Crippen LogP contribution >= 0.6 is 15.9 Å². The number of anilines is 2. The van der Waals surface area contributed by atoms with E-state index in [-0.39, 0.29) is 5.91 Å². The molecule has 7 heteroatoms. The minimum atomic E-state index is -0.948. The number of amides is 2. The maximum atomic E-state index is 13.4. The Morgan fingerprint density at radius 3 is 2.13 bits per heavy atom. The fraction of sp³-hybridized carbons (Fsp3) is 0.130. The van der Waals surface area contributed by atoms with Crippen molar-refractivity contribution in [2.75, 3.05) is 9.96 Å². The van der Waals surface area contributed by atoms with E-state index in [1.165, 1.54) is 24.3 Å². The lowest BCUT2D eigenvalue weighted by molar-refractivity contribution is -0.126. The topological polar surface area (TPSA) is 49.9 Å². The summed E-state index contributed by atoms with van der Waals surface area (Å²) in [6.07, 6.45) is -0.948. The molecule has 2 fully saturated rings. The Kier molecular flexibility index (Phi) is 4.64. The number of benzene rings is 3. The summed E-state index contributed by atoms with van der Waals surface area (Å²) in [6.45, 7) is 0. The van der Waals surface area contributed by atoms with Crippen molar-refractivity contribution in [3.8, 4) is 0 Å². The Balaban J connectivity index is 1.58. The maximum Gasteiger partial charge on any atom is 0.266 e. The fourth-order valence-electron chi connectivity index (χ4n) is 4.06. The molecule has 150 valence electrons. The van der Waals surface area contributed by atoms with Gasteiger partial charge in [-0.05, 0) is 54.1 Å². The quantitative estimate of drug-likeness (QED) is 0.527. The van der Waals surface area contributed by atoms with Crippen LogP contribution < -0.4 is 9.96 Å². The first-order chi connectivity index (χ1) is 14.5. The summed E-state index contributed by atoms with van der Waals surface area (Å²) in [5.74, 6) is -1.96. The minimum absolute atomic E-state index is 0.338. The molecular weight excluding hydrogens is 451 g/mol. The van der Waals surface area contributed by atoms with Gasteiger partial charge in [-0.25, -0.2) is 14.4 Å². The molecule has 2 saturated heterocycles. The van der Waals surface area contributed by atoms with Crippen molar-refractivity contribution < 1.29 is 18.8 Å². The van der Waals surface area contributed by atoms with Crippen molar-refractivity contribution in [3.05, 3.63) is 94.7 Å². The molecule has 5 nitrogen and oxygen atoms in total. The molecule has 30 heavy (non-hydrogen) atoms. The highest BCUT2D eigenvalue weighted by atomic mass is 79.9. The SMILES string of the molecule is O=C1[C@@H]2[C@@H](c3ccc(Br)cc3)N(c3ccccc3)O[C@H]2C(=O)N1c1ccc(F)cc1. The fourth-order valence-corrected chi connectivity index (χ4v) is 4.32. The number of carbonyl (C=O) groups excluding carboxylic acids is 2. The van der Waals surface area contributed by atoms with Gasteiger partial charge in [0.1, 0.15) is 11.7 Å². The third kappa shape index (κ3) is 3.02. The van der Waals surface area contributed by atoms with Crippen LogP contribution in [0.4, 0.5) is 15.8 Å². The molecule has 0 radical (unpaired) electrons. The van der Waals surface area contributed by atoms with Crippen LogP contribution in [0.5, 0.6) is 0 Å². The maximum absolute atomic E-state index is 13.4. The lowest BCUT2D eigenvalue weighted by Crippen LogP contribution is -2.37. The third-order valence-electron chi connectivity index (χ3n) is 5.42. The Morgan fingerprint density at radius 1 is 0.800 bits per heavy atom. The molecule has 3 aromatic rings. The highest BCUT2D eigenvalue weighted by molar-refractivity contribution is 9.10. The summed E-state index contributed by atoms with van der Waals surface area (Å²) in [4.78, 5) is 33.7. The Labute approximate surface area is 180 Å². The van der Waals surface area contributed by atoms with Crippen LogP contribution in [0.25, 0.3) is 0 Å². The van der Waals surface area contributed by atoms with Gasteiger partial charge in [-0.1, -0.05) is 46.3 Å². The second-order valence-corrected chi connectivity index (χ2v) is 8.11. The van der Waals surface area contributed by atoms with Crippen molar-refractivity contribution in [2.45, 2.75) is 12.1 Å². The third-order valence-corrected chi connectivity index (χ3v) is 5.95. The van der Waals surface area contributed by atoms with Gasteiger partial charge in [-0.15, -0.1) is 0 Å². The smallest absolute Gasteiger partial charge is 0.266 e. The van der Waals surface area contributed by atoms with Gasteiger partial charge in [0.15, 0.2) is 6.10 Å². The predicted molar refractivity (Wildman–Crippen MR) is 113 cm³/mol. The number of rotatable bonds is 3. The molecule has 3 atom stereocenters. The number of hydrogen-bond acceptors (Lipinski definition) is 4. The number of para-hydroxylation sites is 1. The van der Waals surface area contributed by atoms with E-state index < -0.39 is 29.8 Å². The average Bonchev–Trinajstić information content (AvgIpc) is 3.27. The number of imide groups is 1. The lowest BCUT2D eigenvalue weighted by atomic mass is 9.90. The standard InChI is InChI=1S/C23H16BrFN2O3/c24-15-8-6-14(7-9-15)20-19-21(30-27(20)18-4-2-1-3-5-18)23(29)26(22(19)28)17-12-10-16(25)11-13-17/h1-13,19-21H/t19-,20-,21-/m1/s1. The van der Waals surface area contributed by atoms with Crippen LogP contribution in [0.15, 0.2) is 83.3 Å². The first-order valence-corrected chi connectivity index (χ1v) is 10.2. The molecule has 2 aliphatic heterocycles. The van der Waals surface area contributed by atoms with E-state index in [0.717, 1.165) is 20.6 Å². The molecule has 0 aliphatic carbocycles. The zero-order chi connectivity index (χ0) is 20.8. The second kappa shape index (κ2) is 7.34. The van der Waals surface area contributed by atoms with Gasteiger partial charge in [-0.2, -0.15) is 0 Å². The zero-order valence-corrected chi connectivity index (χ0v) is 17.2. The predicted octanol–water partition coefficient (Wildman–Crippen LogP) is 4.64. The van der Waals surface area contributed by atoms with Crippen LogP contribution in [0.3, 0.4) is 0 Å². The van der Waals surface area contributed by atoms with E-state index in [2.05, 4.69) is 15.9 Å². The molecule has 2 amide bonds. The Bertz CT molecular complexity index is 1110. The normalized spacial score (nSPS) is 23.2.